The Labute approximate surface area is 119 Å². The highest BCUT2D eigenvalue weighted by Crippen LogP contribution is 2.21. The summed E-state index contributed by atoms with van der Waals surface area (Å²) in [5.41, 5.74) is 1.77. The third-order valence-corrected chi connectivity index (χ3v) is 2.95. The molecule has 1 N–H and O–H groups in total. The Morgan fingerprint density at radius 1 is 1.25 bits per heavy atom. The van der Waals surface area contributed by atoms with E-state index in [4.69, 9.17) is 16.0 Å². The molecule has 20 heavy (non-hydrogen) atoms. The van der Waals surface area contributed by atoms with E-state index >= 15 is 0 Å². The second-order valence-electron chi connectivity index (χ2n) is 4.33. The Morgan fingerprint density at radius 3 is 2.85 bits per heavy atom. The van der Waals surface area contributed by atoms with Gasteiger partial charge in [0.1, 0.15) is 10.7 Å². The SMILES string of the molecule is Cc1ccc2oc(C(=O)Nc3cnc(Cl)cn3)cc2c1. The predicted molar refractivity (Wildman–Crippen MR) is 75.9 cm³/mol. The number of hydrogen-bond donors (Lipinski definition) is 1. The highest BCUT2D eigenvalue weighted by Gasteiger charge is 2.13. The molecule has 0 spiro atoms. The van der Waals surface area contributed by atoms with Crippen molar-refractivity contribution in [1.29, 1.82) is 0 Å². The van der Waals surface area contributed by atoms with Crippen LogP contribution in [0.5, 0.6) is 0 Å². The molecule has 2 aromatic heterocycles. The highest BCUT2D eigenvalue weighted by molar-refractivity contribution is 6.29. The number of aryl methyl sites for hydroxylation is 1. The number of halogens is 1. The third-order valence-electron chi connectivity index (χ3n) is 2.76. The van der Waals surface area contributed by atoms with E-state index in [1.807, 2.05) is 25.1 Å². The van der Waals surface area contributed by atoms with Gasteiger partial charge in [0.2, 0.25) is 0 Å². The highest BCUT2D eigenvalue weighted by atomic mass is 35.5. The van der Waals surface area contributed by atoms with Crippen molar-refractivity contribution in [1.82, 2.24) is 9.97 Å². The van der Waals surface area contributed by atoms with E-state index in [-0.39, 0.29) is 16.8 Å². The van der Waals surface area contributed by atoms with Gasteiger partial charge in [0.15, 0.2) is 11.6 Å². The Kier molecular flexibility index (Phi) is 3.12. The van der Waals surface area contributed by atoms with Crippen LogP contribution < -0.4 is 5.32 Å². The van der Waals surface area contributed by atoms with Crippen molar-refractivity contribution in [2.24, 2.45) is 0 Å². The zero-order valence-electron chi connectivity index (χ0n) is 10.6. The molecule has 0 aliphatic rings. The topological polar surface area (TPSA) is 68.0 Å². The molecule has 6 heteroatoms. The Balaban J connectivity index is 1.86. The number of hydrogen-bond acceptors (Lipinski definition) is 4. The van der Waals surface area contributed by atoms with Crippen LogP contribution >= 0.6 is 11.6 Å². The fourth-order valence-corrected chi connectivity index (χ4v) is 1.93. The molecule has 0 bridgehead atoms. The lowest BCUT2D eigenvalue weighted by Crippen LogP contribution is -2.12. The van der Waals surface area contributed by atoms with E-state index < -0.39 is 0 Å². The Morgan fingerprint density at radius 2 is 2.10 bits per heavy atom. The van der Waals surface area contributed by atoms with E-state index in [0.717, 1.165) is 10.9 Å². The molecule has 0 aliphatic carbocycles. The van der Waals surface area contributed by atoms with Gasteiger partial charge < -0.3 is 9.73 Å². The third kappa shape index (κ3) is 2.48. The second kappa shape index (κ2) is 4.94. The molecule has 3 rings (SSSR count). The van der Waals surface area contributed by atoms with Crippen molar-refractivity contribution in [3.8, 4) is 0 Å². The summed E-state index contributed by atoms with van der Waals surface area (Å²) in [7, 11) is 0. The summed E-state index contributed by atoms with van der Waals surface area (Å²) < 4.78 is 5.49. The van der Waals surface area contributed by atoms with Gasteiger partial charge in [-0.25, -0.2) is 9.97 Å². The predicted octanol–water partition coefficient (Wildman–Crippen LogP) is 3.44. The summed E-state index contributed by atoms with van der Waals surface area (Å²) in [5, 5.41) is 3.75. The van der Waals surface area contributed by atoms with Gasteiger partial charge in [-0.2, -0.15) is 0 Å². The molecular formula is C14H10ClN3O2. The molecule has 0 unspecified atom stereocenters. The van der Waals surface area contributed by atoms with Gasteiger partial charge >= 0.3 is 0 Å². The maximum absolute atomic E-state index is 12.0. The van der Waals surface area contributed by atoms with Crippen molar-refractivity contribution in [3.05, 3.63) is 53.1 Å². The number of benzene rings is 1. The summed E-state index contributed by atoms with van der Waals surface area (Å²) in [5.74, 6) is 0.161. The summed E-state index contributed by atoms with van der Waals surface area (Å²) in [4.78, 5) is 19.8. The first-order valence-corrected chi connectivity index (χ1v) is 6.29. The zero-order valence-corrected chi connectivity index (χ0v) is 11.3. The number of nitrogens with zero attached hydrogens (tertiary/aromatic N) is 2. The molecule has 0 fully saturated rings. The molecular weight excluding hydrogens is 278 g/mol. The van der Waals surface area contributed by atoms with Crippen LogP contribution in [0.2, 0.25) is 5.15 Å². The average Bonchev–Trinajstić information content (AvgIpc) is 2.84. The van der Waals surface area contributed by atoms with Crippen molar-refractivity contribution in [2.45, 2.75) is 6.92 Å². The Hall–Kier alpha value is -2.40. The lowest BCUT2D eigenvalue weighted by Gasteiger charge is -2.00. The minimum atomic E-state index is -0.379. The molecule has 100 valence electrons. The van der Waals surface area contributed by atoms with E-state index in [9.17, 15) is 4.79 Å². The van der Waals surface area contributed by atoms with E-state index in [2.05, 4.69) is 15.3 Å². The Bertz CT molecular complexity index is 781. The molecule has 0 aliphatic heterocycles. The van der Waals surface area contributed by atoms with Gasteiger partial charge in [-0.05, 0) is 25.1 Å². The number of furan rings is 1. The molecule has 3 aromatic rings. The second-order valence-corrected chi connectivity index (χ2v) is 4.72. The summed E-state index contributed by atoms with van der Waals surface area (Å²) in [6, 6.07) is 7.42. The van der Waals surface area contributed by atoms with Gasteiger partial charge in [-0.3, -0.25) is 4.79 Å². The van der Waals surface area contributed by atoms with Crippen LogP contribution in [0.15, 0.2) is 41.1 Å². The number of nitrogens with one attached hydrogen (secondary N) is 1. The number of aromatic nitrogens is 2. The minimum Gasteiger partial charge on any atom is -0.451 e. The lowest BCUT2D eigenvalue weighted by atomic mass is 10.2. The smallest absolute Gasteiger partial charge is 0.292 e. The monoisotopic (exact) mass is 287 g/mol. The lowest BCUT2D eigenvalue weighted by molar-refractivity contribution is 0.0998. The van der Waals surface area contributed by atoms with Crippen molar-refractivity contribution < 1.29 is 9.21 Å². The first-order chi connectivity index (χ1) is 9.61. The standard InChI is InChI=1S/C14H10ClN3O2/c1-8-2-3-10-9(4-8)5-11(20-10)14(19)18-13-7-16-12(15)6-17-13/h2-7H,1H3,(H,17,18,19). The number of rotatable bonds is 2. The van der Waals surface area contributed by atoms with Crippen LogP contribution in [0.1, 0.15) is 16.1 Å². The number of carbonyl (C=O) groups excluding carboxylic acids is 1. The first-order valence-electron chi connectivity index (χ1n) is 5.91. The van der Waals surface area contributed by atoms with Gasteiger partial charge in [0, 0.05) is 5.39 Å². The molecule has 0 saturated heterocycles. The van der Waals surface area contributed by atoms with Crippen LogP contribution in [0.25, 0.3) is 11.0 Å². The minimum absolute atomic E-state index is 0.224. The fourth-order valence-electron chi connectivity index (χ4n) is 1.83. The number of fused-ring (bicyclic) bond motifs is 1. The quantitative estimate of drug-likeness (QED) is 0.784. The van der Waals surface area contributed by atoms with Gasteiger partial charge in [-0.1, -0.05) is 23.2 Å². The van der Waals surface area contributed by atoms with Crippen LogP contribution in [0, 0.1) is 6.92 Å². The number of carbonyl (C=O) groups is 1. The molecule has 0 radical (unpaired) electrons. The van der Waals surface area contributed by atoms with Crippen LogP contribution in [0.3, 0.4) is 0 Å². The molecule has 5 nitrogen and oxygen atoms in total. The average molecular weight is 288 g/mol. The van der Waals surface area contributed by atoms with E-state index in [1.165, 1.54) is 12.4 Å². The summed E-state index contributed by atoms with van der Waals surface area (Å²) in [6.45, 7) is 1.98. The molecule has 1 amide bonds. The summed E-state index contributed by atoms with van der Waals surface area (Å²) >= 11 is 5.63. The van der Waals surface area contributed by atoms with Gasteiger partial charge in [0.05, 0.1) is 12.4 Å². The maximum atomic E-state index is 12.0. The number of anilines is 1. The van der Waals surface area contributed by atoms with E-state index in [0.29, 0.717) is 11.4 Å². The maximum Gasteiger partial charge on any atom is 0.292 e. The molecule has 0 atom stereocenters. The number of amides is 1. The van der Waals surface area contributed by atoms with E-state index in [1.54, 1.807) is 6.07 Å². The van der Waals surface area contributed by atoms with Crippen molar-refractivity contribution >= 4 is 34.3 Å². The fraction of sp³-hybridized carbons (Fsp3) is 0.0714. The molecule has 1 aromatic carbocycles. The molecule has 2 heterocycles. The van der Waals surface area contributed by atoms with Crippen LogP contribution in [-0.2, 0) is 0 Å². The largest absolute Gasteiger partial charge is 0.451 e. The zero-order chi connectivity index (χ0) is 14.1. The normalized spacial score (nSPS) is 10.7. The van der Waals surface area contributed by atoms with Crippen molar-refractivity contribution in [2.75, 3.05) is 5.32 Å². The van der Waals surface area contributed by atoms with Crippen LogP contribution in [-0.4, -0.2) is 15.9 Å². The molecule has 0 saturated carbocycles. The van der Waals surface area contributed by atoms with Crippen molar-refractivity contribution in [3.63, 3.8) is 0 Å². The van der Waals surface area contributed by atoms with Gasteiger partial charge in [-0.15, -0.1) is 0 Å². The summed E-state index contributed by atoms with van der Waals surface area (Å²) in [6.07, 6.45) is 2.74. The van der Waals surface area contributed by atoms with Gasteiger partial charge in [0.25, 0.3) is 5.91 Å². The first kappa shape index (κ1) is 12.6. The van der Waals surface area contributed by atoms with Crippen LogP contribution in [0.4, 0.5) is 5.82 Å².